The molecule has 1 aliphatic heterocycles. The van der Waals surface area contributed by atoms with E-state index in [9.17, 15) is 0 Å². The molecule has 0 saturated carbocycles. The first kappa shape index (κ1) is 17.6. The van der Waals surface area contributed by atoms with Gasteiger partial charge in [-0.25, -0.2) is 0 Å². The zero-order chi connectivity index (χ0) is 11.5. The summed E-state index contributed by atoms with van der Waals surface area (Å²) in [6.45, 7) is 7.26. The Bertz CT molecular complexity index is 353. The highest BCUT2D eigenvalue weighted by molar-refractivity contribution is 5.85. The summed E-state index contributed by atoms with van der Waals surface area (Å²) in [5.74, 6) is 2.61. The Labute approximate surface area is 121 Å². The van der Waals surface area contributed by atoms with Gasteiger partial charge in [-0.1, -0.05) is 13.8 Å². The smallest absolute Gasteiger partial charge is 0.150 e. The van der Waals surface area contributed by atoms with Gasteiger partial charge in [-0.15, -0.1) is 35.0 Å². The topological polar surface area (TPSA) is 68.8 Å². The van der Waals surface area contributed by atoms with Crippen molar-refractivity contribution in [2.24, 2.45) is 11.7 Å². The van der Waals surface area contributed by atoms with E-state index in [-0.39, 0.29) is 30.9 Å². The molecule has 0 spiro atoms. The fourth-order valence-electron chi connectivity index (χ4n) is 2.18. The third kappa shape index (κ3) is 4.09. The van der Waals surface area contributed by atoms with Crippen LogP contribution in [0.3, 0.4) is 0 Å². The highest BCUT2D eigenvalue weighted by Crippen LogP contribution is 2.18. The molecule has 3 N–H and O–H groups in total. The number of nitrogens with two attached hydrogens (primary N) is 1. The molecule has 7 heteroatoms. The van der Waals surface area contributed by atoms with Crippen LogP contribution in [0.1, 0.15) is 38.0 Å². The van der Waals surface area contributed by atoms with Crippen molar-refractivity contribution in [2.45, 2.75) is 39.3 Å². The Morgan fingerprint density at radius 3 is 2.67 bits per heavy atom. The molecule has 0 amide bonds. The van der Waals surface area contributed by atoms with Gasteiger partial charge >= 0.3 is 0 Å². The molecule has 0 aromatic carbocycles. The maximum Gasteiger partial charge on any atom is 0.150 e. The Morgan fingerprint density at radius 1 is 1.28 bits per heavy atom. The van der Waals surface area contributed by atoms with Crippen molar-refractivity contribution in [3.05, 3.63) is 11.6 Å². The maximum absolute atomic E-state index is 6.17. The predicted molar refractivity (Wildman–Crippen MR) is 77.5 cm³/mol. The lowest BCUT2D eigenvalue weighted by Gasteiger charge is -2.15. The molecule has 1 aromatic heterocycles. The second-order valence-corrected chi connectivity index (χ2v) is 4.86. The molecule has 1 aromatic rings. The highest BCUT2D eigenvalue weighted by atomic mass is 35.5. The summed E-state index contributed by atoms with van der Waals surface area (Å²) in [6.07, 6.45) is 1.91. The number of nitrogens with zero attached hydrogens (tertiary/aromatic N) is 3. The van der Waals surface area contributed by atoms with E-state index < -0.39 is 0 Å². The molecule has 0 radical (unpaired) electrons. The Hall–Kier alpha value is -0.360. The lowest BCUT2D eigenvalue weighted by Crippen LogP contribution is -2.22. The van der Waals surface area contributed by atoms with Crippen molar-refractivity contribution in [3.63, 3.8) is 0 Å². The Kier molecular flexibility index (Phi) is 7.78. The fourth-order valence-corrected chi connectivity index (χ4v) is 2.18. The van der Waals surface area contributed by atoms with Crippen LogP contribution in [-0.4, -0.2) is 27.9 Å². The highest BCUT2D eigenvalue weighted by Gasteiger charge is 2.19. The molecule has 2 rings (SSSR count). The normalized spacial score (nSPS) is 16.2. The summed E-state index contributed by atoms with van der Waals surface area (Å²) < 4.78 is 2.19. The van der Waals surface area contributed by atoms with E-state index >= 15 is 0 Å². The van der Waals surface area contributed by atoms with Crippen LogP contribution in [0.2, 0.25) is 0 Å². The standard InChI is InChI=1S/C11H21N5.2ClH/c1-8(2)7-9(12)11-15-14-10-3-4-13-5-6-16(10)11;;/h8-9,13H,3-7,12H2,1-2H3;2*1H. The van der Waals surface area contributed by atoms with Crippen molar-refractivity contribution < 1.29 is 0 Å². The molecule has 5 nitrogen and oxygen atoms in total. The van der Waals surface area contributed by atoms with Crippen LogP contribution < -0.4 is 11.1 Å². The number of halogens is 2. The first-order valence-corrected chi connectivity index (χ1v) is 6.06. The van der Waals surface area contributed by atoms with E-state index in [0.29, 0.717) is 5.92 Å². The zero-order valence-electron chi connectivity index (χ0n) is 10.9. The molecule has 1 aliphatic rings. The molecule has 2 heterocycles. The van der Waals surface area contributed by atoms with E-state index in [1.54, 1.807) is 0 Å². The average Bonchev–Trinajstić information content (AvgIpc) is 2.47. The monoisotopic (exact) mass is 295 g/mol. The van der Waals surface area contributed by atoms with E-state index in [1.807, 2.05) is 0 Å². The van der Waals surface area contributed by atoms with Gasteiger partial charge < -0.3 is 15.6 Å². The molecule has 18 heavy (non-hydrogen) atoms. The van der Waals surface area contributed by atoms with Crippen molar-refractivity contribution in [1.29, 1.82) is 0 Å². The van der Waals surface area contributed by atoms with Crippen LogP contribution in [-0.2, 0) is 13.0 Å². The molecule has 106 valence electrons. The van der Waals surface area contributed by atoms with Crippen LogP contribution in [0, 0.1) is 5.92 Å². The van der Waals surface area contributed by atoms with Crippen LogP contribution in [0.25, 0.3) is 0 Å². The first-order chi connectivity index (χ1) is 7.68. The molecule has 1 unspecified atom stereocenters. The summed E-state index contributed by atoms with van der Waals surface area (Å²) in [4.78, 5) is 0. The third-order valence-electron chi connectivity index (χ3n) is 2.95. The Morgan fingerprint density at radius 2 is 2.00 bits per heavy atom. The summed E-state index contributed by atoms with van der Waals surface area (Å²) >= 11 is 0. The number of hydrogen-bond donors (Lipinski definition) is 2. The van der Waals surface area contributed by atoms with Gasteiger partial charge in [-0.3, -0.25) is 0 Å². The van der Waals surface area contributed by atoms with E-state index in [1.165, 1.54) is 0 Å². The third-order valence-corrected chi connectivity index (χ3v) is 2.95. The summed E-state index contributed by atoms with van der Waals surface area (Å²) in [6, 6.07) is 0.0133. The van der Waals surface area contributed by atoms with Gasteiger partial charge in [0.2, 0.25) is 0 Å². The average molecular weight is 296 g/mol. The van der Waals surface area contributed by atoms with Crippen molar-refractivity contribution in [3.8, 4) is 0 Å². The fraction of sp³-hybridized carbons (Fsp3) is 0.818. The lowest BCUT2D eigenvalue weighted by molar-refractivity contribution is 0.471. The minimum Gasteiger partial charge on any atom is -0.321 e. The van der Waals surface area contributed by atoms with Crippen LogP contribution in [0.15, 0.2) is 0 Å². The minimum absolute atomic E-state index is 0. The zero-order valence-corrected chi connectivity index (χ0v) is 12.6. The largest absolute Gasteiger partial charge is 0.321 e. The minimum atomic E-state index is 0. The van der Waals surface area contributed by atoms with Crippen LogP contribution in [0.4, 0.5) is 0 Å². The SMILES string of the molecule is CC(C)CC(N)c1nnc2n1CCNCC2.Cl.Cl. The number of rotatable bonds is 3. The van der Waals surface area contributed by atoms with Crippen molar-refractivity contribution in [1.82, 2.24) is 20.1 Å². The number of nitrogens with one attached hydrogen (secondary N) is 1. The number of aromatic nitrogens is 3. The molecule has 0 fully saturated rings. The second kappa shape index (κ2) is 7.94. The van der Waals surface area contributed by atoms with Gasteiger partial charge in [0.25, 0.3) is 0 Å². The van der Waals surface area contributed by atoms with E-state index in [2.05, 4.69) is 33.9 Å². The Balaban J connectivity index is 0.00000144. The van der Waals surface area contributed by atoms with Gasteiger partial charge in [0.1, 0.15) is 11.6 Å². The number of hydrogen-bond acceptors (Lipinski definition) is 4. The summed E-state index contributed by atoms with van der Waals surface area (Å²) in [7, 11) is 0. The molecule has 0 aliphatic carbocycles. The second-order valence-electron chi connectivity index (χ2n) is 4.86. The quantitative estimate of drug-likeness (QED) is 0.882. The van der Waals surface area contributed by atoms with Gasteiger partial charge in [-0.05, 0) is 12.3 Å². The molecular weight excluding hydrogens is 273 g/mol. The molecular formula is C11H23Cl2N5. The van der Waals surface area contributed by atoms with E-state index in [0.717, 1.165) is 44.1 Å². The summed E-state index contributed by atoms with van der Waals surface area (Å²) in [5, 5.41) is 11.8. The predicted octanol–water partition coefficient (Wildman–Crippen LogP) is 1.31. The van der Waals surface area contributed by atoms with Gasteiger partial charge in [0.05, 0.1) is 6.04 Å². The van der Waals surface area contributed by atoms with Crippen molar-refractivity contribution in [2.75, 3.05) is 13.1 Å². The summed E-state index contributed by atoms with van der Waals surface area (Å²) in [5.41, 5.74) is 6.17. The van der Waals surface area contributed by atoms with Gasteiger partial charge in [0.15, 0.2) is 0 Å². The van der Waals surface area contributed by atoms with Gasteiger partial charge in [-0.2, -0.15) is 0 Å². The van der Waals surface area contributed by atoms with E-state index in [4.69, 9.17) is 5.73 Å². The van der Waals surface area contributed by atoms with Crippen LogP contribution in [0.5, 0.6) is 0 Å². The molecule has 0 saturated heterocycles. The maximum atomic E-state index is 6.17. The first-order valence-electron chi connectivity index (χ1n) is 6.06. The lowest BCUT2D eigenvalue weighted by atomic mass is 10.0. The van der Waals surface area contributed by atoms with Gasteiger partial charge in [0, 0.05) is 26.1 Å². The molecule has 0 bridgehead atoms. The number of fused-ring (bicyclic) bond motifs is 1. The van der Waals surface area contributed by atoms with Crippen LogP contribution >= 0.6 is 24.8 Å². The molecule has 1 atom stereocenters. The van der Waals surface area contributed by atoms with Crippen molar-refractivity contribution >= 4 is 24.8 Å².